The summed E-state index contributed by atoms with van der Waals surface area (Å²) >= 11 is 0. The van der Waals surface area contributed by atoms with Crippen LogP contribution in [0.5, 0.6) is 0 Å². The molecular formula is C12H13F4NO2. The van der Waals surface area contributed by atoms with Gasteiger partial charge in [-0.2, -0.15) is 13.2 Å². The number of aliphatic carboxylic acids is 1. The van der Waals surface area contributed by atoms with Crippen molar-refractivity contribution in [3.8, 4) is 0 Å². The molecule has 0 spiro atoms. The zero-order chi connectivity index (χ0) is 14.5. The molecule has 106 valence electrons. The van der Waals surface area contributed by atoms with Crippen LogP contribution >= 0.6 is 0 Å². The first kappa shape index (κ1) is 15.4. The Balaban J connectivity index is 2.53. The lowest BCUT2D eigenvalue weighted by atomic mass is 10.1. The average molecular weight is 279 g/mol. The largest absolute Gasteiger partial charge is 0.481 e. The number of hydrogen-bond acceptors (Lipinski definition) is 2. The van der Waals surface area contributed by atoms with Gasteiger partial charge < -0.3 is 10.4 Å². The van der Waals surface area contributed by atoms with Crippen molar-refractivity contribution in [1.82, 2.24) is 5.32 Å². The number of hydrogen-bond donors (Lipinski definition) is 2. The van der Waals surface area contributed by atoms with E-state index in [1.165, 1.54) is 6.07 Å². The number of rotatable bonds is 6. The highest BCUT2D eigenvalue weighted by Gasteiger charge is 2.34. The van der Waals surface area contributed by atoms with Gasteiger partial charge >= 0.3 is 12.1 Å². The first-order chi connectivity index (χ1) is 8.80. The summed E-state index contributed by atoms with van der Waals surface area (Å²) in [6, 6.07) is 2.78. The molecule has 2 N–H and O–H groups in total. The summed E-state index contributed by atoms with van der Waals surface area (Å²) in [5, 5.41) is 11.2. The molecule has 1 rings (SSSR count). The standard InChI is InChI=1S/C12H13F4NO2/c13-10-4-3-8(6-9(10)12(14,15)16)7-17-5-1-2-11(18)19/h3-4,6,17H,1-2,5,7H2,(H,18,19). The maximum atomic E-state index is 13.0. The van der Waals surface area contributed by atoms with Crippen molar-refractivity contribution in [2.45, 2.75) is 25.6 Å². The SMILES string of the molecule is O=C(O)CCCNCc1ccc(F)c(C(F)(F)F)c1. The van der Waals surface area contributed by atoms with E-state index in [1.807, 2.05) is 0 Å². The Morgan fingerprint density at radius 1 is 1.32 bits per heavy atom. The van der Waals surface area contributed by atoms with Crippen LogP contribution in [0.1, 0.15) is 24.0 Å². The minimum absolute atomic E-state index is 0.00970. The molecule has 0 saturated heterocycles. The topological polar surface area (TPSA) is 49.3 Å². The van der Waals surface area contributed by atoms with Crippen LogP contribution in [0.25, 0.3) is 0 Å². The summed E-state index contributed by atoms with van der Waals surface area (Å²) in [5.41, 5.74) is -0.999. The first-order valence-corrected chi connectivity index (χ1v) is 5.59. The van der Waals surface area contributed by atoms with Gasteiger partial charge in [0.15, 0.2) is 0 Å². The van der Waals surface area contributed by atoms with Gasteiger partial charge in [0.2, 0.25) is 0 Å². The van der Waals surface area contributed by atoms with Gasteiger partial charge in [-0.25, -0.2) is 4.39 Å². The zero-order valence-corrected chi connectivity index (χ0v) is 9.93. The highest BCUT2D eigenvalue weighted by atomic mass is 19.4. The molecule has 0 fully saturated rings. The van der Waals surface area contributed by atoms with Crippen LogP contribution < -0.4 is 5.32 Å². The van der Waals surface area contributed by atoms with Gasteiger partial charge in [0.25, 0.3) is 0 Å². The van der Waals surface area contributed by atoms with E-state index in [2.05, 4.69) is 5.32 Å². The molecule has 0 unspecified atom stereocenters. The number of carboxylic acids is 1. The molecule has 0 aliphatic heterocycles. The molecular weight excluding hydrogens is 266 g/mol. The number of carbonyl (C=O) groups is 1. The average Bonchev–Trinajstić information content (AvgIpc) is 2.28. The van der Waals surface area contributed by atoms with Gasteiger partial charge in [0.1, 0.15) is 5.82 Å². The molecule has 1 aromatic rings. The maximum absolute atomic E-state index is 13.0. The number of halogens is 4. The molecule has 0 bridgehead atoms. The highest BCUT2D eigenvalue weighted by molar-refractivity contribution is 5.66. The number of benzene rings is 1. The predicted molar refractivity (Wildman–Crippen MR) is 60.0 cm³/mol. The van der Waals surface area contributed by atoms with E-state index >= 15 is 0 Å². The molecule has 0 heterocycles. The third-order valence-corrected chi connectivity index (χ3v) is 2.41. The van der Waals surface area contributed by atoms with Crippen LogP contribution in [0.4, 0.5) is 17.6 Å². The Morgan fingerprint density at radius 3 is 2.58 bits per heavy atom. The summed E-state index contributed by atoms with van der Waals surface area (Å²) in [5.74, 6) is -2.23. The van der Waals surface area contributed by atoms with Gasteiger partial charge in [-0.15, -0.1) is 0 Å². The normalized spacial score (nSPS) is 11.6. The van der Waals surface area contributed by atoms with Crippen LogP contribution in [-0.4, -0.2) is 17.6 Å². The quantitative estimate of drug-likeness (QED) is 0.622. The fourth-order valence-corrected chi connectivity index (χ4v) is 1.50. The molecule has 1 aromatic carbocycles. The van der Waals surface area contributed by atoms with Gasteiger partial charge in [-0.05, 0) is 30.7 Å². The Labute approximate surface area is 107 Å². The summed E-state index contributed by atoms with van der Waals surface area (Å²) < 4.78 is 50.3. The Kier molecular flexibility index (Phi) is 5.29. The van der Waals surface area contributed by atoms with Crippen LogP contribution in [0.15, 0.2) is 18.2 Å². The van der Waals surface area contributed by atoms with E-state index in [4.69, 9.17) is 5.11 Å². The molecule has 19 heavy (non-hydrogen) atoms. The van der Waals surface area contributed by atoms with E-state index in [0.717, 1.165) is 12.1 Å². The predicted octanol–water partition coefficient (Wildman–Crippen LogP) is 2.80. The molecule has 0 saturated carbocycles. The van der Waals surface area contributed by atoms with Crippen LogP contribution in [0.2, 0.25) is 0 Å². The third-order valence-electron chi connectivity index (χ3n) is 2.41. The van der Waals surface area contributed by atoms with E-state index in [0.29, 0.717) is 18.5 Å². The highest BCUT2D eigenvalue weighted by Crippen LogP contribution is 2.31. The van der Waals surface area contributed by atoms with E-state index in [9.17, 15) is 22.4 Å². The van der Waals surface area contributed by atoms with Crippen molar-refractivity contribution in [2.24, 2.45) is 0 Å². The number of nitrogens with one attached hydrogen (secondary N) is 1. The maximum Gasteiger partial charge on any atom is 0.419 e. The van der Waals surface area contributed by atoms with Crippen LogP contribution in [-0.2, 0) is 17.5 Å². The second-order valence-corrected chi connectivity index (χ2v) is 3.99. The number of carboxylic acid groups (broad SMARTS) is 1. The summed E-state index contributed by atoms with van der Waals surface area (Å²) in [4.78, 5) is 10.2. The lowest BCUT2D eigenvalue weighted by molar-refractivity contribution is -0.140. The van der Waals surface area contributed by atoms with Gasteiger partial charge in [0.05, 0.1) is 5.56 Å². The monoisotopic (exact) mass is 279 g/mol. The van der Waals surface area contributed by atoms with Crippen molar-refractivity contribution < 1.29 is 27.5 Å². The van der Waals surface area contributed by atoms with E-state index in [1.54, 1.807) is 0 Å². The lowest BCUT2D eigenvalue weighted by Crippen LogP contribution is -2.17. The molecule has 0 aromatic heterocycles. The Hall–Kier alpha value is -1.63. The van der Waals surface area contributed by atoms with Crippen molar-refractivity contribution in [2.75, 3.05) is 6.54 Å². The molecule has 0 aliphatic rings. The molecule has 0 radical (unpaired) electrons. The fraction of sp³-hybridized carbons (Fsp3) is 0.417. The van der Waals surface area contributed by atoms with E-state index < -0.39 is 23.5 Å². The van der Waals surface area contributed by atoms with E-state index in [-0.39, 0.29) is 13.0 Å². The Bertz CT molecular complexity index is 446. The summed E-state index contributed by atoms with van der Waals surface area (Å²) in [6.07, 6.45) is -4.35. The zero-order valence-electron chi connectivity index (χ0n) is 9.93. The molecule has 0 amide bonds. The molecule has 7 heteroatoms. The molecule has 3 nitrogen and oxygen atoms in total. The van der Waals surface area contributed by atoms with Crippen molar-refractivity contribution in [1.29, 1.82) is 0 Å². The third kappa shape index (κ3) is 5.25. The summed E-state index contributed by atoms with van der Waals surface area (Å²) in [7, 11) is 0. The second-order valence-electron chi connectivity index (χ2n) is 3.99. The smallest absolute Gasteiger partial charge is 0.419 e. The Morgan fingerprint density at radius 2 is 2.00 bits per heavy atom. The van der Waals surface area contributed by atoms with Crippen molar-refractivity contribution >= 4 is 5.97 Å². The first-order valence-electron chi connectivity index (χ1n) is 5.59. The molecule has 0 atom stereocenters. The van der Waals surface area contributed by atoms with Gasteiger partial charge in [-0.1, -0.05) is 6.07 Å². The van der Waals surface area contributed by atoms with Crippen molar-refractivity contribution in [3.63, 3.8) is 0 Å². The second kappa shape index (κ2) is 6.51. The van der Waals surface area contributed by atoms with Gasteiger partial charge in [-0.3, -0.25) is 4.79 Å². The van der Waals surface area contributed by atoms with Gasteiger partial charge in [0, 0.05) is 13.0 Å². The minimum Gasteiger partial charge on any atom is -0.481 e. The van der Waals surface area contributed by atoms with Crippen LogP contribution in [0, 0.1) is 5.82 Å². The minimum atomic E-state index is -4.72. The summed E-state index contributed by atoms with van der Waals surface area (Å²) in [6.45, 7) is 0.494. The molecule has 0 aliphatic carbocycles. The lowest BCUT2D eigenvalue weighted by Gasteiger charge is -2.10. The van der Waals surface area contributed by atoms with Crippen molar-refractivity contribution in [3.05, 3.63) is 35.1 Å². The number of alkyl halides is 3. The fourth-order valence-electron chi connectivity index (χ4n) is 1.50. The van der Waals surface area contributed by atoms with Crippen LogP contribution in [0.3, 0.4) is 0 Å².